The van der Waals surface area contributed by atoms with Crippen LogP contribution < -0.4 is 5.43 Å². The summed E-state index contributed by atoms with van der Waals surface area (Å²) in [6, 6.07) is 6.86. The summed E-state index contributed by atoms with van der Waals surface area (Å²) >= 11 is 5.67. The van der Waals surface area contributed by atoms with E-state index in [9.17, 15) is 0 Å². The average Bonchev–Trinajstić information content (AvgIpc) is 2.05. The van der Waals surface area contributed by atoms with Crippen molar-refractivity contribution in [3.63, 3.8) is 0 Å². The Morgan fingerprint density at radius 3 is 2.85 bits per heavy atom. The minimum Gasteiger partial charge on any atom is -0.194 e. The minimum absolute atomic E-state index is 0. The number of nitrogens with one attached hydrogen (secondary N) is 1. The maximum absolute atomic E-state index is 8.06. The van der Waals surface area contributed by atoms with E-state index in [4.69, 9.17) is 16.9 Å². The number of hydrogen-bond donors (Lipinski definition) is 1. The molecule has 6 heteroatoms. The molecule has 0 unspecified atom stereocenters. The Labute approximate surface area is 103 Å². The van der Waals surface area contributed by atoms with Gasteiger partial charge in [0.15, 0.2) is 6.19 Å². The van der Waals surface area contributed by atoms with Gasteiger partial charge in [-0.1, -0.05) is 22.9 Å². The van der Waals surface area contributed by atoms with Crippen molar-refractivity contribution in [1.82, 2.24) is 5.43 Å². The summed E-state index contributed by atoms with van der Waals surface area (Å²) in [4.78, 5) is 0. The van der Waals surface area contributed by atoms with Gasteiger partial charge in [-0.25, -0.2) is 0 Å². The van der Waals surface area contributed by atoms with E-state index >= 15 is 0 Å². The number of benzene rings is 1. The van der Waals surface area contributed by atoms with E-state index in [2.05, 4.69) is 10.3 Å². The molecule has 0 aliphatic rings. The molecular weight excluding hydrogens is 199 g/mol. The smallest absolute Gasteiger partial charge is 0.194 e. The Hall–Kier alpha value is -0.600. The first-order chi connectivity index (χ1) is 5.83. The van der Waals surface area contributed by atoms with Crippen molar-refractivity contribution in [2.24, 2.45) is 10.3 Å². The Kier molecular flexibility index (Phi) is 6.55. The number of hydrogen-bond acceptors (Lipinski definition) is 3. The molecule has 1 N–H and O–H groups in total. The van der Waals surface area contributed by atoms with E-state index in [0.717, 1.165) is 0 Å². The summed E-state index contributed by atoms with van der Waals surface area (Å²) in [6.45, 7) is 0. The Morgan fingerprint density at radius 2 is 2.23 bits per heavy atom. The minimum atomic E-state index is 0. The number of rotatable bonds is 2. The molecule has 0 aliphatic heterocycles. The summed E-state index contributed by atoms with van der Waals surface area (Å²) in [5.74, 6) is 0. The Morgan fingerprint density at radius 1 is 1.46 bits per heavy atom. The van der Waals surface area contributed by atoms with Crippen molar-refractivity contribution in [2.45, 2.75) is 0 Å². The van der Waals surface area contributed by atoms with Crippen LogP contribution in [0.2, 0.25) is 5.02 Å². The second-order valence-corrected chi connectivity index (χ2v) is 2.34. The van der Waals surface area contributed by atoms with Crippen molar-refractivity contribution >= 4 is 46.8 Å². The number of halogens is 1. The van der Waals surface area contributed by atoms with E-state index in [-0.39, 0.29) is 29.6 Å². The molecule has 4 nitrogen and oxygen atoms in total. The van der Waals surface area contributed by atoms with Crippen LogP contribution in [0.3, 0.4) is 0 Å². The molecule has 13 heavy (non-hydrogen) atoms. The molecule has 1 radical (unpaired) electrons. The molecule has 0 atom stereocenters. The van der Waals surface area contributed by atoms with E-state index in [1.165, 1.54) is 0 Å². The molecule has 1 rings (SSSR count). The maximum atomic E-state index is 8.06. The third-order valence-corrected chi connectivity index (χ3v) is 1.31. The SMILES string of the molecule is N#CNN=Nc1cccc(Cl)c1.[Na]. The first-order valence-electron chi connectivity index (χ1n) is 3.13. The molecule has 0 aliphatic carbocycles. The Balaban J connectivity index is 0.00000144. The predicted molar refractivity (Wildman–Crippen MR) is 50.5 cm³/mol. The van der Waals surface area contributed by atoms with Crippen LogP contribution in [-0.4, -0.2) is 29.6 Å². The zero-order valence-corrected chi connectivity index (χ0v) is 9.78. The van der Waals surface area contributed by atoms with Crippen LogP contribution in [0.5, 0.6) is 0 Å². The third kappa shape index (κ3) is 4.86. The van der Waals surface area contributed by atoms with Crippen molar-refractivity contribution in [3.8, 4) is 6.19 Å². The van der Waals surface area contributed by atoms with Crippen molar-refractivity contribution in [1.29, 1.82) is 5.26 Å². The van der Waals surface area contributed by atoms with E-state index in [0.29, 0.717) is 10.7 Å². The maximum Gasteiger partial charge on any atom is 0.200 e. The summed E-state index contributed by atoms with van der Waals surface area (Å²) in [5, 5.41) is 15.7. The fourth-order valence-corrected chi connectivity index (χ4v) is 0.828. The molecule has 0 amide bonds. The van der Waals surface area contributed by atoms with Gasteiger partial charge in [-0.15, -0.1) is 5.11 Å². The van der Waals surface area contributed by atoms with E-state index in [1.807, 2.05) is 5.43 Å². The molecular formula is C7H5ClN4Na. The molecule has 0 aromatic heterocycles. The van der Waals surface area contributed by atoms with E-state index < -0.39 is 0 Å². The number of nitrogens with zero attached hydrogens (tertiary/aromatic N) is 3. The summed E-state index contributed by atoms with van der Waals surface area (Å²) in [5.41, 5.74) is 2.64. The quantitative estimate of drug-likeness (QED) is 0.263. The molecule has 0 saturated carbocycles. The monoisotopic (exact) mass is 203 g/mol. The van der Waals surface area contributed by atoms with Gasteiger partial charge in [0.05, 0.1) is 5.69 Å². The van der Waals surface area contributed by atoms with Gasteiger partial charge in [0.25, 0.3) is 0 Å². The van der Waals surface area contributed by atoms with Crippen LogP contribution in [0.15, 0.2) is 34.6 Å². The molecule has 0 saturated heterocycles. The average molecular weight is 204 g/mol. The molecule has 1 aromatic carbocycles. The van der Waals surface area contributed by atoms with Crippen molar-refractivity contribution in [3.05, 3.63) is 29.3 Å². The van der Waals surface area contributed by atoms with Gasteiger partial charge in [-0.3, -0.25) is 0 Å². The van der Waals surface area contributed by atoms with Crippen LogP contribution in [0.4, 0.5) is 5.69 Å². The number of nitriles is 1. The fraction of sp³-hybridized carbons (Fsp3) is 0. The van der Waals surface area contributed by atoms with Gasteiger partial charge in [-0.05, 0) is 18.2 Å². The van der Waals surface area contributed by atoms with Gasteiger partial charge < -0.3 is 0 Å². The molecule has 0 bridgehead atoms. The topological polar surface area (TPSA) is 60.5 Å². The summed E-state index contributed by atoms with van der Waals surface area (Å²) in [6.07, 6.45) is 1.61. The summed E-state index contributed by atoms with van der Waals surface area (Å²) in [7, 11) is 0. The molecule has 0 spiro atoms. The van der Waals surface area contributed by atoms with Gasteiger partial charge in [0, 0.05) is 34.6 Å². The van der Waals surface area contributed by atoms with Gasteiger partial charge >= 0.3 is 0 Å². The summed E-state index contributed by atoms with van der Waals surface area (Å²) < 4.78 is 0. The zero-order valence-electron chi connectivity index (χ0n) is 7.03. The molecule has 61 valence electrons. The second kappa shape index (κ2) is 6.87. The molecule has 1 aromatic rings. The van der Waals surface area contributed by atoms with Crippen molar-refractivity contribution < 1.29 is 0 Å². The van der Waals surface area contributed by atoms with Gasteiger partial charge in [-0.2, -0.15) is 10.7 Å². The first kappa shape index (κ1) is 12.4. The van der Waals surface area contributed by atoms with Crippen molar-refractivity contribution in [2.75, 3.05) is 0 Å². The van der Waals surface area contributed by atoms with Crippen LogP contribution in [0.25, 0.3) is 0 Å². The van der Waals surface area contributed by atoms with Crippen LogP contribution >= 0.6 is 11.6 Å². The van der Waals surface area contributed by atoms with Gasteiger partial charge in [0.1, 0.15) is 0 Å². The largest absolute Gasteiger partial charge is 0.200 e. The van der Waals surface area contributed by atoms with Crippen LogP contribution in [0, 0.1) is 11.5 Å². The zero-order chi connectivity index (χ0) is 8.81. The molecule has 0 fully saturated rings. The second-order valence-electron chi connectivity index (χ2n) is 1.90. The van der Waals surface area contributed by atoms with Crippen LogP contribution in [-0.2, 0) is 0 Å². The van der Waals surface area contributed by atoms with Crippen LogP contribution in [0.1, 0.15) is 0 Å². The van der Waals surface area contributed by atoms with E-state index in [1.54, 1.807) is 30.5 Å². The Bertz CT molecular complexity index is 334. The molecule has 0 heterocycles. The van der Waals surface area contributed by atoms with Gasteiger partial charge in [0.2, 0.25) is 0 Å². The fourth-order valence-electron chi connectivity index (χ4n) is 0.643. The standard InChI is InChI=1S/C7H5ClN4.Na/c8-6-2-1-3-7(4-6)11-12-10-5-9;/h1-4H,(H,10,11);. The predicted octanol–water partition coefficient (Wildman–Crippen LogP) is 2.03. The first-order valence-corrected chi connectivity index (χ1v) is 3.51. The normalized spacial score (nSPS) is 8.92. The third-order valence-electron chi connectivity index (χ3n) is 1.07.